The Morgan fingerprint density at radius 2 is 0.534 bits per heavy atom. The van der Waals surface area contributed by atoms with Gasteiger partial charge in [-0.2, -0.15) is 0 Å². The Balaban J connectivity index is 0.689. The standard InChI is InChI=1S/C114H74N4/c1-4-29-75(30-5-1)76-57-59-77(60-58-76)78-61-64-89(65-62-78)115(107-71-82-33-10-13-44-93(82)98-48-16-18-50-100(98)107)90-41-27-37-85(69-90)112-97-66-63-81(67-87(97)74-110-114(112)102-52-21-24-55-105(102)116(110)88-39-8-3-9-40-88)80-36-26-42-91(68-80)118-106-56-25-22-53-103(106)113-109(118)73-84-35-12-15-47-96(84)111(113)86-38-28-43-92(70-86)117(104-54-23-20-46-95(104)79-31-6-2-7-32-79)108-72-83-34-11-14-45-94(83)99-49-17-19-51-101(99)108/h1-74H. The van der Waals surface area contributed by atoms with E-state index in [1.54, 1.807) is 0 Å². The molecule has 0 N–H and O–H groups in total. The van der Waals surface area contributed by atoms with Gasteiger partial charge in [0.2, 0.25) is 0 Å². The van der Waals surface area contributed by atoms with Gasteiger partial charge in [0.1, 0.15) is 0 Å². The minimum absolute atomic E-state index is 1.06. The number of nitrogens with zero attached hydrogens (tertiary/aromatic N) is 4. The number of fused-ring (bicyclic) bond motifs is 14. The summed E-state index contributed by atoms with van der Waals surface area (Å²) in [4.78, 5) is 4.99. The SMILES string of the molecule is c1ccc(-c2ccc(-c3ccc(N(c4cccc(-c5c6ccc(-c7cccc(-n8c9ccccc9c9c(-c%10cccc(N(c%11ccccc%11-c%11ccccc%11)c%11cc%12ccccc%12c%12ccccc%11%12)c%10)c%10ccccc%10cc98)c7)cc6cc6c5c5ccccc5n6-c5ccccc5)c4)c4cc5ccccc5c5ccccc45)cc3)cc2)cc1. The Morgan fingerprint density at radius 3 is 1.12 bits per heavy atom. The molecule has 0 saturated carbocycles. The lowest BCUT2D eigenvalue weighted by atomic mass is 9.91. The average Bonchev–Trinajstić information content (AvgIpc) is 1.54. The van der Waals surface area contributed by atoms with Crippen LogP contribution in [0.2, 0.25) is 0 Å². The molecule has 21 aromatic carbocycles. The van der Waals surface area contributed by atoms with Crippen molar-refractivity contribution in [3.8, 4) is 78.1 Å². The van der Waals surface area contributed by atoms with Gasteiger partial charge in [-0.1, -0.05) is 340 Å². The molecule has 0 bridgehead atoms. The molecule has 0 amide bonds. The number of anilines is 6. The van der Waals surface area contributed by atoms with Crippen LogP contribution in [-0.4, -0.2) is 9.13 Å². The quantitative estimate of drug-likeness (QED) is 0.101. The van der Waals surface area contributed by atoms with Gasteiger partial charge in [-0.15, -0.1) is 0 Å². The van der Waals surface area contributed by atoms with E-state index in [0.717, 1.165) is 112 Å². The zero-order chi connectivity index (χ0) is 77.7. The lowest BCUT2D eigenvalue weighted by Crippen LogP contribution is -2.12. The van der Waals surface area contributed by atoms with E-state index in [4.69, 9.17) is 0 Å². The molecule has 118 heavy (non-hydrogen) atoms. The Hall–Kier alpha value is -15.6. The molecule has 0 saturated heterocycles. The minimum atomic E-state index is 1.06. The number of aromatic nitrogens is 2. The first kappa shape index (κ1) is 68.0. The van der Waals surface area contributed by atoms with E-state index >= 15 is 0 Å². The van der Waals surface area contributed by atoms with Crippen LogP contribution in [0.5, 0.6) is 0 Å². The van der Waals surface area contributed by atoms with E-state index in [1.165, 1.54) is 109 Å². The Bertz CT molecular complexity index is 7910. The molecule has 2 heterocycles. The van der Waals surface area contributed by atoms with E-state index in [9.17, 15) is 0 Å². The third kappa shape index (κ3) is 11.4. The molecule has 0 fully saturated rings. The van der Waals surface area contributed by atoms with Gasteiger partial charge in [0.15, 0.2) is 0 Å². The van der Waals surface area contributed by atoms with Gasteiger partial charge in [-0.05, 0) is 224 Å². The van der Waals surface area contributed by atoms with Gasteiger partial charge in [-0.3, -0.25) is 0 Å². The fourth-order valence-electron chi connectivity index (χ4n) is 19.1. The molecule has 0 aliphatic carbocycles. The van der Waals surface area contributed by atoms with Crippen LogP contribution in [0.4, 0.5) is 34.1 Å². The van der Waals surface area contributed by atoms with Crippen molar-refractivity contribution < 1.29 is 0 Å². The Labute approximate surface area is 683 Å². The van der Waals surface area contributed by atoms with E-state index in [0.29, 0.717) is 0 Å². The van der Waals surface area contributed by atoms with Crippen LogP contribution in [0.25, 0.3) is 186 Å². The van der Waals surface area contributed by atoms with Crippen molar-refractivity contribution in [1.29, 1.82) is 0 Å². The van der Waals surface area contributed by atoms with Crippen molar-refractivity contribution in [1.82, 2.24) is 9.13 Å². The zero-order valence-corrected chi connectivity index (χ0v) is 64.5. The number of rotatable bonds is 14. The summed E-state index contributed by atoms with van der Waals surface area (Å²) in [6.45, 7) is 0. The van der Waals surface area contributed by atoms with Crippen LogP contribution in [0.3, 0.4) is 0 Å². The largest absolute Gasteiger partial charge is 0.310 e. The first-order valence-corrected chi connectivity index (χ1v) is 40.7. The van der Waals surface area contributed by atoms with Crippen molar-refractivity contribution in [3.63, 3.8) is 0 Å². The lowest BCUT2D eigenvalue weighted by Gasteiger charge is -2.30. The highest BCUT2D eigenvalue weighted by Gasteiger charge is 2.27. The number of benzene rings is 21. The summed E-state index contributed by atoms with van der Waals surface area (Å²) in [7, 11) is 0. The molecule has 0 unspecified atom stereocenters. The highest BCUT2D eigenvalue weighted by Crippen LogP contribution is 2.52. The Kier molecular flexibility index (Phi) is 16.2. The van der Waals surface area contributed by atoms with Gasteiger partial charge in [0, 0.05) is 66.3 Å². The average molecular weight is 1500 g/mol. The molecule has 0 aliphatic rings. The molecule has 0 radical (unpaired) electrons. The van der Waals surface area contributed by atoms with Crippen LogP contribution in [0.15, 0.2) is 449 Å². The highest BCUT2D eigenvalue weighted by atomic mass is 15.2. The predicted octanol–water partition coefficient (Wildman–Crippen LogP) is 31.7. The fourth-order valence-corrected chi connectivity index (χ4v) is 19.1. The molecular weight excluding hydrogens is 1430 g/mol. The second kappa shape index (κ2) is 28.2. The second-order valence-corrected chi connectivity index (χ2v) is 31.0. The van der Waals surface area contributed by atoms with E-state index < -0.39 is 0 Å². The van der Waals surface area contributed by atoms with Crippen molar-refractivity contribution in [3.05, 3.63) is 449 Å². The number of hydrogen-bond donors (Lipinski definition) is 0. The molecule has 23 rings (SSSR count). The fraction of sp³-hybridized carbons (Fsp3) is 0. The lowest BCUT2D eigenvalue weighted by molar-refractivity contribution is 1.18. The molecular formula is C114H74N4. The maximum atomic E-state index is 2.51. The van der Waals surface area contributed by atoms with Crippen LogP contribution in [-0.2, 0) is 0 Å². The molecule has 2 aromatic heterocycles. The van der Waals surface area contributed by atoms with Gasteiger partial charge in [0.25, 0.3) is 0 Å². The maximum absolute atomic E-state index is 2.51. The summed E-state index contributed by atoms with van der Waals surface area (Å²) in [6.07, 6.45) is 0. The highest BCUT2D eigenvalue weighted by molar-refractivity contribution is 6.26. The zero-order valence-electron chi connectivity index (χ0n) is 64.5. The molecule has 4 nitrogen and oxygen atoms in total. The van der Waals surface area contributed by atoms with Crippen LogP contribution in [0.1, 0.15) is 0 Å². The first-order chi connectivity index (χ1) is 58.5. The van der Waals surface area contributed by atoms with Crippen LogP contribution >= 0.6 is 0 Å². The molecule has 23 aromatic rings. The van der Waals surface area contributed by atoms with Crippen LogP contribution in [0, 0.1) is 0 Å². The third-order valence-corrected chi connectivity index (χ3v) is 24.4. The predicted molar refractivity (Wildman–Crippen MR) is 502 cm³/mol. The number of hydrogen-bond acceptors (Lipinski definition) is 2. The van der Waals surface area contributed by atoms with Gasteiger partial charge >= 0.3 is 0 Å². The number of para-hydroxylation sites is 4. The van der Waals surface area contributed by atoms with E-state index in [2.05, 4.69) is 468 Å². The molecule has 4 heteroatoms. The minimum Gasteiger partial charge on any atom is -0.310 e. The van der Waals surface area contributed by atoms with Crippen molar-refractivity contribution in [2.45, 2.75) is 0 Å². The topological polar surface area (TPSA) is 16.3 Å². The Morgan fingerprint density at radius 1 is 0.161 bits per heavy atom. The van der Waals surface area contributed by atoms with Crippen molar-refractivity contribution in [2.24, 2.45) is 0 Å². The van der Waals surface area contributed by atoms with Gasteiger partial charge < -0.3 is 18.9 Å². The molecule has 0 spiro atoms. The summed E-state index contributed by atoms with van der Waals surface area (Å²) in [5.74, 6) is 0. The molecule has 550 valence electrons. The third-order valence-electron chi connectivity index (χ3n) is 24.4. The van der Waals surface area contributed by atoms with Crippen LogP contribution < -0.4 is 9.80 Å². The summed E-state index contributed by atoms with van der Waals surface area (Å²) in [5, 5.41) is 19.1. The van der Waals surface area contributed by atoms with E-state index in [1.807, 2.05) is 0 Å². The summed E-state index contributed by atoms with van der Waals surface area (Å²) in [5.41, 5.74) is 27.2. The second-order valence-electron chi connectivity index (χ2n) is 31.0. The maximum Gasteiger partial charge on any atom is 0.0553 e. The normalized spacial score (nSPS) is 11.7. The van der Waals surface area contributed by atoms with Crippen molar-refractivity contribution in [2.75, 3.05) is 9.80 Å². The molecule has 0 atom stereocenters. The van der Waals surface area contributed by atoms with Gasteiger partial charge in [0.05, 0.1) is 39.1 Å². The van der Waals surface area contributed by atoms with Crippen molar-refractivity contribution >= 4 is 142 Å². The smallest absolute Gasteiger partial charge is 0.0553 e. The first-order valence-electron chi connectivity index (χ1n) is 40.7. The summed E-state index contributed by atoms with van der Waals surface area (Å²) in [6, 6.07) is 166. The molecule has 0 aliphatic heterocycles. The van der Waals surface area contributed by atoms with Gasteiger partial charge in [-0.25, -0.2) is 0 Å². The van der Waals surface area contributed by atoms with E-state index in [-0.39, 0.29) is 0 Å². The summed E-state index contributed by atoms with van der Waals surface area (Å²) >= 11 is 0. The monoisotopic (exact) mass is 1500 g/mol. The summed E-state index contributed by atoms with van der Waals surface area (Å²) < 4.78 is 4.98.